The zero-order valence-corrected chi connectivity index (χ0v) is 23.4. The van der Waals surface area contributed by atoms with Crippen molar-refractivity contribution < 1.29 is 106 Å². The molecule has 0 fully saturated rings. The maximum Gasteiger partial charge on any atom is 0.543 e. The fourth-order valence-corrected chi connectivity index (χ4v) is 2.05. The summed E-state index contributed by atoms with van der Waals surface area (Å²) in [6, 6.07) is 9.52. The van der Waals surface area contributed by atoms with Crippen LogP contribution in [0.4, 0.5) is 0 Å². The number of hydrogen-bond donors (Lipinski definition) is 1. The molecular weight excluding hydrogens is 764 g/mol. The standard InChI is InChI=1S/C7H8O.3O5P2.U/c8-6-7-4-2-1-3-5-7;3*1-6(2)5-7(3)4;/h1-5,8H,6H2;;;;. The summed E-state index contributed by atoms with van der Waals surface area (Å²) >= 11 is 0. The monoisotopic (exact) mass is 772 g/mol. The maximum absolute atomic E-state index is 9.24. The number of rotatable bonds is 7. The van der Waals surface area contributed by atoms with Crippen LogP contribution in [0, 0.1) is 31.1 Å². The summed E-state index contributed by atoms with van der Waals surface area (Å²) in [5.41, 5.74) is 0.965. The minimum atomic E-state index is -3.24. The number of benzene rings is 1. The van der Waals surface area contributed by atoms with Crippen molar-refractivity contribution in [1.82, 2.24) is 0 Å². The quantitative estimate of drug-likeness (QED) is 0.302. The molecule has 0 aliphatic rings. The van der Waals surface area contributed by atoms with E-state index in [1.54, 1.807) is 0 Å². The van der Waals surface area contributed by atoms with Crippen LogP contribution in [0.25, 0.3) is 0 Å². The topological polar surface area (TPSA) is 289 Å². The van der Waals surface area contributed by atoms with Gasteiger partial charge in [0.25, 0.3) is 0 Å². The summed E-state index contributed by atoms with van der Waals surface area (Å²) in [7, 11) is -19.4. The van der Waals surface area contributed by atoms with E-state index in [9.17, 15) is 56.8 Å². The normalized spacial score (nSPS) is 11.8. The van der Waals surface area contributed by atoms with E-state index >= 15 is 0 Å². The number of hydrogen-bond acceptors (Lipinski definition) is 16. The smallest absolute Gasteiger partial charge is 0.543 e. The molecule has 0 radical (unpaired) electrons. The van der Waals surface area contributed by atoms with Gasteiger partial charge in [-0.1, -0.05) is 30.3 Å². The molecule has 0 spiro atoms. The van der Waals surface area contributed by atoms with Gasteiger partial charge >= 0.3 is 49.5 Å². The fraction of sp³-hybridized carbons (Fsp3) is 0.143. The molecule has 0 heterocycles. The van der Waals surface area contributed by atoms with Crippen LogP contribution < -0.4 is 29.4 Å². The second kappa shape index (κ2) is 25.7. The number of aliphatic hydroxyl groups is 1. The second-order valence-electron chi connectivity index (χ2n) is 3.23. The fourth-order valence-electron chi connectivity index (χ4n) is 0.747. The van der Waals surface area contributed by atoms with E-state index in [4.69, 9.17) is 5.11 Å². The van der Waals surface area contributed by atoms with Gasteiger partial charge in [0.1, 0.15) is 12.9 Å². The Balaban J connectivity index is -0.000000149. The van der Waals surface area contributed by atoms with Crippen molar-refractivity contribution in [1.29, 1.82) is 0 Å². The first-order valence-electron chi connectivity index (χ1n) is 5.87. The first-order valence-corrected chi connectivity index (χ1v) is 12.4. The van der Waals surface area contributed by atoms with E-state index in [-0.39, 0.29) is 37.7 Å². The van der Waals surface area contributed by atoms with E-state index in [1.165, 1.54) is 0 Å². The van der Waals surface area contributed by atoms with Crippen molar-refractivity contribution in [2.24, 2.45) is 0 Å². The van der Waals surface area contributed by atoms with Gasteiger partial charge in [0.2, 0.25) is 0 Å². The van der Waals surface area contributed by atoms with Gasteiger partial charge in [0.15, 0.2) is 0 Å². The molecule has 6 atom stereocenters. The summed E-state index contributed by atoms with van der Waals surface area (Å²) in [5, 5.41) is 8.54. The van der Waals surface area contributed by atoms with Crippen LogP contribution in [0.2, 0.25) is 0 Å². The molecule has 166 valence electrons. The molecule has 23 heteroatoms. The molecule has 16 nitrogen and oxygen atoms in total. The van der Waals surface area contributed by atoms with Crippen molar-refractivity contribution >= 4 is 49.5 Å². The summed E-state index contributed by atoms with van der Waals surface area (Å²) in [4.78, 5) is 55.4. The molecule has 0 aliphatic carbocycles. The van der Waals surface area contributed by atoms with Gasteiger partial charge in [-0.25, -0.2) is 0 Å². The predicted octanol–water partition coefficient (Wildman–Crippen LogP) is -1.71. The van der Waals surface area contributed by atoms with Gasteiger partial charge in [-0.2, -0.15) is 0 Å². The molecule has 0 saturated heterocycles. The summed E-state index contributed by atoms with van der Waals surface area (Å²) in [5.74, 6) is 0. The van der Waals surface area contributed by atoms with E-state index in [1.807, 2.05) is 30.3 Å². The Kier molecular flexibility index (Phi) is 32.4. The van der Waals surface area contributed by atoms with E-state index in [2.05, 4.69) is 12.9 Å². The van der Waals surface area contributed by atoms with Crippen LogP contribution in [0.5, 0.6) is 0 Å². The summed E-state index contributed by atoms with van der Waals surface area (Å²) in [6.45, 7) is 0.140. The zero-order chi connectivity index (χ0) is 23.4. The summed E-state index contributed by atoms with van der Waals surface area (Å²) < 4.78 is 64.9. The molecule has 0 amide bonds. The minimum Gasteiger partial charge on any atom is -0.563 e. The molecular formula is C7H8O16P6U. The average molecular weight is 772 g/mol. The zero-order valence-electron chi connectivity index (χ0n) is 13.8. The molecule has 1 N–H and O–H groups in total. The average Bonchev–Trinajstić information content (AvgIpc) is 2.53. The van der Waals surface area contributed by atoms with Gasteiger partial charge in [-0.3, -0.25) is 0 Å². The third-order valence-corrected chi connectivity index (χ3v) is 4.63. The first kappa shape index (κ1) is 37.8. The molecule has 30 heavy (non-hydrogen) atoms. The number of aliphatic hydroxyl groups excluding tert-OH is 1. The Morgan fingerprint density at radius 3 is 0.933 bits per heavy atom. The van der Waals surface area contributed by atoms with Crippen LogP contribution in [0.1, 0.15) is 5.56 Å². The van der Waals surface area contributed by atoms with Crippen molar-refractivity contribution in [3.8, 4) is 0 Å². The minimum absolute atomic E-state index is 0. The van der Waals surface area contributed by atoms with E-state index < -0.39 is 49.5 Å². The Morgan fingerprint density at radius 1 is 0.600 bits per heavy atom. The van der Waals surface area contributed by atoms with Crippen molar-refractivity contribution in [2.45, 2.75) is 6.61 Å². The third kappa shape index (κ3) is 42.6. The second-order valence-corrected chi connectivity index (χ2v) is 7.87. The van der Waals surface area contributed by atoms with Crippen LogP contribution >= 0.6 is 49.5 Å². The van der Waals surface area contributed by atoms with Crippen molar-refractivity contribution in [3.05, 3.63) is 35.9 Å². The van der Waals surface area contributed by atoms with Crippen LogP contribution in [0.3, 0.4) is 0 Å². The molecule has 1 aromatic rings. The van der Waals surface area contributed by atoms with Gasteiger partial charge in [-0.15, -0.1) is 0 Å². The van der Waals surface area contributed by atoms with Crippen LogP contribution in [-0.4, -0.2) is 5.11 Å². The Morgan fingerprint density at radius 2 is 0.833 bits per heavy atom. The molecule has 6 unspecified atom stereocenters. The Hall–Kier alpha value is 0.472. The van der Waals surface area contributed by atoms with Crippen LogP contribution in [0.15, 0.2) is 30.3 Å². The van der Waals surface area contributed by atoms with Gasteiger partial charge in [0, 0.05) is 31.1 Å². The van der Waals surface area contributed by atoms with Crippen molar-refractivity contribution in [2.75, 3.05) is 0 Å². The predicted molar refractivity (Wildman–Crippen MR) is 81.3 cm³/mol. The molecule has 1 rings (SSSR count). The first-order chi connectivity index (χ1) is 13.3. The Labute approximate surface area is 197 Å². The molecule has 0 aromatic heterocycles. The van der Waals surface area contributed by atoms with Gasteiger partial charge in [0.05, 0.1) is 6.61 Å². The molecule has 1 aromatic carbocycles. The van der Waals surface area contributed by atoms with E-state index in [0.717, 1.165) is 5.56 Å². The van der Waals surface area contributed by atoms with Crippen LogP contribution in [-0.2, 0) is 46.9 Å². The molecule has 0 saturated carbocycles. The van der Waals surface area contributed by atoms with Gasteiger partial charge < -0.3 is 34.5 Å². The third-order valence-electron chi connectivity index (χ3n) is 1.43. The molecule has 0 bridgehead atoms. The Bertz CT molecular complexity index is 588. The SMILES string of the molecule is O=[P+]([O-])O[P+](=O)[O-].O=[P+]([O-])O[P+](=O)[O-].O=[P+]([O-])O[P+](=O)[O-].OCc1ccccc1.[U]. The largest absolute Gasteiger partial charge is 0.563 e. The van der Waals surface area contributed by atoms with Gasteiger partial charge in [-0.05, 0) is 33.0 Å². The van der Waals surface area contributed by atoms with E-state index in [0.29, 0.717) is 0 Å². The molecule has 0 aliphatic heterocycles. The maximum atomic E-state index is 9.24. The summed E-state index contributed by atoms with van der Waals surface area (Å²) in [6.07, 6.45) is 0. The van der Waals surface area contributed by atoms with Crippen molar-refractivity contribution in [3.63, 3.8) is 0 Å².